The first-order chi connectivity index (χ1) is 6.86. The average molecular weight is 185 g/mol. The molecule has 2 aromatic heterocycles. The molecule has 0 saturated heterocycles. The third-order valence-electron chi connectivity index (χ3n) is 2.28. The van der Waals surface area contributed by atoms with E-state index < -0.39 is 0 Å². The lowest BCUT2D eigenvalue weighted by Crippen LogP contribution is -2.23. The highest BCUT2D eigenvalue weighted by Gasteiger charge is 2.08. The van der Waals surface area contributed by atoms with Gasteiger partial charge in [-0.2, -0.15) is 4.40 Å². The van der Waals surface area contributed by atoms with Gasteiger partial charge in [-0.15, -0.1) is 0 Å². The number of para-hydroxylation sites is 2. The van der Waals surface area contributed by atoms with Crippen LogP contribution in [0.25, 0.3) is 16.7 Å². The van der Waals surface area contributed by atoms with Crippen LogP contribution in [0.2, 0.25) is 0 Å². The quantitative estimate of drug-likeness (QED) is 0.389. The van der Waals surface area contributed by atoms with Crippen LogP contribution in [0.15, 0.2) is 42.9 Å². The normalized spacial score (nSPS) is 11.1. The van der Waals surface area contributed by atoms with Gasteiger partial charge in [0, 0.05) is 0 Å². The van der Waals surface area contributed by atoms with E-state index in [0.29, 0.717) is 5.65 Å². The second-order valence-electron chi connectivity index (χ2n) is 3.10. The molecule has 0 atom stereocenters. The van der Waals surface area contributed by atoms with Crippen molar-refractivity contribution in [3.8, 4) is 0 Å². The van der Waals surface area contributed by atoms with Crippen molar-refractivity contribution >= 4 is 16.7 Å². The van der Waals surface area contributed by atoms with Crippen molar-refractivity contribution < 1.29 is 4.73 Å². The maximum Gasteiger partial charge on any atom is 0.308 e. The molecule has 0 bridgehead atoms. The molecule has 0 aliphatic heterocycles. The Bertz CT molecular complexity index is 615. The number of fused-ring (bicyclic) bond motifs is 3. The van der Waals surface area contributed by atoms with E-state index in [1.165, 1.54) is 6.20 Å². The molecule has 0 radical (unpaired) electrons. The van der Waals surface area contributed by atoms with Crippen molar-refractivity contribution in [2.45, 2.75) is 0 Å². The molecule has 14 heavy (non-hydrogen) atoms. The van der Waals surface area contributed by atoms with Crippen LogP contribution < -0.4 is 4.73 Å². The molecule has 0 unspecified atom stereocenters. The summed E-state index contributed by atoms with van der Waals surface area (Å²) in [5.41, 5.74) is 2.37. The van der Waals surface area contributed by atoms with Crippen molar-refractivity contribution in [3.63, 3.8) is 0 Å². The number of imidazole rings is 1. The number of hydrogen-bond donors (Lipinski definition) is 0. The largest absolute Gasteiger partial charge is 0.710 e. The van der Waals surface area contributed by atoms with Gasteiger partial charge >= 0.3 is 5.65 Å². The molecule has 3 rings (SSSR count). The standard InChI is InChI=1S/C10H7N3O/c14-13-6-5-12-9-4-2-1-3-8(9)11-7-10(12)13/h1-7H. The van der Waals surface area contributed by atoms with E-state index in [9.17, 15) is 5.21 Å². The van der Waals surface area contributed by atoms with Crippen LogP contribution in [0.3, 0.4) is 0 Å². The summed E-state index contributed by atoms with van der Waals surface area (Å²) in [6.07, 6.45) is 4.80. The minimum atomic E-state index is 0.545. The predicted molar refractivity (Wildman–Crippen MR) is 51.7 cm³/mol. The zero-order valence-corrected chi connectivity index (χ0v) is 7.29. The molecule has 68 valence electrons. The molecule has 2 heterocycles. The summed E-state index contributed by atoms with van der Waals surface area (Å²) in [4.78, 5) is 4.20. The maximum atomic E-state index is 11.3. The van der Waals surface area contributed by atoms with Crippen molar-refractivity contribution in [2.24, 2.45) is 0 Å². The van der Waals surface area contributed by atoms with Crippen molar-refractivity contribution in [3.05, 3.63) is 48.1 Å². The SMILES string of the molecule is [O-][n+]1ccn2c3ccccc3ncc21. The van der Waals surface area contributed by atoms with Crippen LogP contribution in [0.5, 0.6) is 0 Å². The third kappa shape index (κ3) is 0.821. The summed E-state index contributed by atoms with van der Waals surface area (Å²) >= 11 is 0. The molecule has 0 amide bonds. The van der Waals surface area contributed by atoms with E-state index in [2.05, 4.69) is 4.98 Å². The van der Waals surface area contributed by atoms with E-state index in [0.717, 1.165) is 15.8 Å². The van der Waals surface area contributed by atoms with Crippen LogP contribution in [-0.4, -0.2) is 9.38 Å². The smallest absolute Gasteiger partial charge is 0.308 e. The van der Waals surface area contributed by atoms with Gasteiger partial charge in [0.1, 0.15) is 24.1 Å². The average Bonchev–Trinajstić information content (AvgIpc) is 2.61. The highest BCUT2D eigenvalue weighted by molar-refractivity contribution is 5.76. The lowest BCUT2D eigenvalue weighted by atomic mass is 10.3. The third-order valence-corrected chi connectivity index (χ3v) is 2.28. The first-order valence-corrected chi connectivity index (χ1v) is 4.30. The lowest BCUT2D eigenvalue weighted by molar-refractivity contribution is -0.576. The van der Waals surface area contributed by atoms with Gasteiger partial charge in [0.25, 0.3) is 0 Å². The van der Waals surface area contributed by atoms with Gasteiger partial charge in [0.15, 0.2) is 5.52 Å². The molecule has 0 aliphatic carbocycles. The summed E-state index contributed by atoms with van der Waals surface area (Å²) < 4.78 is 2.63. The first-order valence-electron chi connectivity index (χ1n) is 4.30. The summed E-state index contributed by atoms with van der Waals surface area (Å²) in [6.45, 7) is 0. The topological polar surface area (TPSA) is 44.2 Å². The molecule has 0 fully saturated rings. The summed E-state index contributed by atoms with van der Waals surface area (Å²) in [6, 6.07) is 7.72. The Hall–Kier alpha value is -2.10. The molecule has 0 saturated carbocycles. The minimum Gasteiger partial charge on any atom is -0.710 e. The molecule has 3 aromatic rings. The van der Waals surface area contributed by atoms with Gasteiger partial charge in [-0.1, -0.05) is 12.1 Å². The maximum absolute atomic E-state index is 11.3. The van der Waals surface area contributed by atoms with E-state index in [1.54, 1.807) is 12.4 Å². The molecule has 4 nitrogen and oxygen atoms in total. The van der Waals surface area contributed by atoms with Gasteiger partial charge < -0.3 is 5.21 Å². The molecule has 0 spiro atoms. The van der Waals surface area contributed by atoms with Crippen molar-refractivity contribution in [2.75, 3.05) is 0 Å². The number of benzene rings is 1. The minimum absolute atomic E-state index is 0.545. The fourth-order valence-electron chi connectivity index (χ4n) is 1.61. The zero-order valence-electron chi connectivity index (χ0n) is 7.29. The predicted octanol–water partition coefficient (Wildman–Crippen LogP) is 1.12. The monoisotopic (exact) mass is 185 g/mol. The Morgan fingerprint density at radius 2 is 2.14 bits per heavy atom. The molecule has 1 aromatic carbocycles. The molecular formula is C10H7N3O. The Morgan fingerprint density at radius 3 is 3.07 bits per heavy atom. The van der Waals surface area contributed by atoms with Gasteiger partial charge in [-0.3, -0.25) is 0 Å². The second-order valence-corrected chi connectivity index (χ2v) is 3.10. The fourth-order valence-corrected chi connectivity index (χ4v) is 1.61. The Kier molecular flexibility index (Phi) is 1.28. The summed E-state index contributed by atoms with van der Waals surface area (Å²) in [7, 11) is 0. The Balaban J connectivity index is 2.61. The highest BCUT2D eigenvalue weighted by Crippen LogP contribution is 2.11. The second kappa shape index (κ2) is 2.45. The van der Waals surface area contributed by atoms with E-state index in [-0.39, 0.29) is 0 Å². The van der Waals surface area contributed by atoms with Gasteiger partial charge in [0.2, 0.25) is 0 Å². The van der Waals surface area contributed by atoms with Crippen molar-refractivity contribution in [1.29, 1.82) is 0 Å². The van der Waals surface area contributed by atoms with E-state index in [4.69, 9.17) is 0 Å². The first kappa shape index (κ1) is 7.32. The van der Waals surface area contributed by atoms with Crippen LogP contribution in [0.4, 0.5) is 0 Å². The summed E-state index contributed by atoms with van der Waals surface area (Å²) in [5, 5.41) is 11.3. The van der Waals surface area contributed by atoms with Gasteiger partial charge in [-0.25, -0.2) is 9.71 Å². The van der Waals surface area contributed by atoms with Crippen molar-refractivity contribution in [1.82, 2.24) is 9.38 Å². The molecule has 4 heteroatoms. The Labute approximate surface area is 79.6 Å². The lowest BCUT2D eigenvalue weighted by Gasteiger charge is -1.97. The molecule has 0 aliphatic rings. The van der Waals surface area contributed by atoms with E-state index >= 15 is 0 Å². The molecule has 0 N–H and O–H groups in total. The van der Waals surface area contributed by atoms with Crippen LogP contribution in [-0.2, 0) is 0 Å². The van der Waals surface area contributed by atoms with Crippen LogP contribution in [0, 0.1) is 5.21 Å². The molecular weight excluding hydrogens is 178 g/mol. The van der Waals surface area contributed by atoms with Crippen LogP contribution in [0.1, 0.15) is 0 Å². The fraction of sp³-hybridized carbons (Fsp3) is 0. The number of aromatic nitrogens is 3. The summed E-state index contributed by atoms with van der Waals surface area (Å²) in [5.74, 6) is 0. The highest BCUT2D eigenvalue weighted by atomic mass is 16.5. The number of hydrogen-bond acceptors (Lipinski definition) is 2. The van der Waals surface area contributed by atoms with Gasteiger partial charge in [0.05, 0.1) is 0 Å². The van der Waals surface area contributed by atoms with Crippen LogP contribution >= 0.6 is 0 Å². The number of rotatable bonds is 0. The Morgan fingerprint density at radius 1 is 1.29 bits per heavy atom. The number of nitrogens with zero attached hydrogens (tertiary/aromatic N) is 3. The van der Waals surface area contributed by atoms with E-state index in [1.807, 2.05) is 28.7 Å². The zero-order chi connectivity index (χ0) is 9.54. The van der Waals surface area contributed by atoms with Gasteiger partial charge in [-0.05, 0) is 12.1 Å².